The molecule has 3 nitrogen and oxygen atoms in total. The number of hydrogen-bond acceptors (Lipinski definition) is 2. The van der Waals surface area contributed by atoms with Crippen molar-refractivity contribution in [1.29, 1.82) is 0 Å². The van der Waals surface area contributed by atoms with Gasteiger partial charge < -0.3 is 4.98 Å². The SMILES string of the molecule is Cc1cccc(-c2ncccc2-c2ccc3nc[nH]c3c2)c1. The van der Waals surface area contributed by atoms with Crippen molar-refractivity contribution >= 4 is 11.0 Å². The third-order valence-corrected chi connectivity index (χ3v) is 3.83. The molecule has 4 rings (SSSR count). The van der Waals surface area contributed by atoms with Crippen LogP contribution in [-0.2, 0) is 0 Å². The molecule has 4 aromatic rings. The van der Waals surface area contributed by atoms with Gasteiger partial charge in [0.1, 0.15) is 0 Å². The minimum absolute atomic E-state index is 0.977. The zero-order chi connectivity index (χ0) is 14.9. The second kappa shape index (κ2) is 5.11. The van der Waals surface area contributed by atoms with Crippen LogP contribution < -0.4 is 0 Å². The number of fused-ring (bicyclic) bond motifs is 1. The molecule has 106 valence electrons. The fourth-order valence-electron chi connectivity index (χ4n) is 2.76. The van der Waals surface area contributed by atoms with E-state index in [0.29, 0.717) is 0 Å². The van der Waals surface area contributed by atoms with E-state index in [1.165, 1.54) is 5.56 Å². The van der Waals surface area contributed by atoms with Crippen molar-refractivity contribution in [3.05, 3.63) is 72.7 Å². The van der Waals surface area contributed by atoms with Crippen LogP contribution in [0.2, 0.25) is 0 Å². The second-order valence-corrected chi connectivity index (χ2v) is 5.40. The zero-order valence-corrected chi connectivity index (χ0v) is 12.2. The summed E-state index contributed by atoms with van der Waals surface area (Å²) in [6.45, 7) is 2.10. The average Bonchev–Trinajstić information content (AvgIpc) is 3.02. The van der Waals surface area contributed by atoms with E-state index in [2.05, 4.69) is 64.3 Å². The molecule has 3 heteroatoms. The molecule has 0 bridgehead atoms. The highest BCUT2D eigenvalue weighted by Crippen LogP contribution is 2.31. The van der Waals surface area contributed by atoms with E-state index < -0.39 is 0 Å². The predicted molar refractivity (Wildman–Crippen MR) is 89.5 cm³/mol. The monoisotopic (exact) mass is 285 g/mol. The summed E-state index contributed by atoms with van der Waals surface area (Å²) in [6, 6.07) is 18.8. The van der Waals surface area contributed by atoms with Gasteiger partial charge in [-0.1, -0.05) is 35.9 Å². The third kappa shape index (κ3) is 2.17. The van der Waals surface area contributed by atoms with Crippen molar-refractivity contribution in [1.82, 2.24) is 15.0 Å². The van der Waals surface area contributed by atoms with Gasteiger partial charge in [-0.2, -0.15) is 0 Å². The topological polar surface area (TPSA) is 41.6 Å². The number of rotatable bonds is 2. The van der Waals surface area contributed by atoms with Crippen LogP contribution in [0.5, 0.6) is 0 Å². The number of nitrogens with zero attached hydrogens (tertiary/aromatic N) is 2. The molecular formula is C19H15N3. The van der Waals surface area contributed by atoms with E-state index in [-0.39, 0.29) is 0 Å². The Bertz CT molecular complexity index is 953. The second-order valence-electron chi connectivity index (χ2n) is 5.40. The Morgan fingerprint density at radius 1 is 0.864 bits per heavy atom. The van der Waals surface area contributed by atoms with Crippen LogP contribution in [0.3, 0.4) is 0 Å². The van der Waals surface area contributed by atoms with Crippen LogP contribution in [0.25, 0.3) is 33.4 Å². The Balaban J connectivity index is 1.92. The minimum Gasteiger partial charge on any atom is -0.345 e. The van der Waals surface area contributed by atoms with Gasteiger partial charge in [-0.3, -0.25) is 4.98 Å². The maximum Gasteiger partial charge on any atom is 0.0931 e. The van der Waals surface area contributed by atoms with Crippen molar-refractivity contribution in [2.24, 2.45) is 0 Å². The molecule has 0 aliphatic carbocycles. The van der Waals surface area contributed by atoms with Gasteiger partial charge in [0.2, 0.25) is 0 Å². The molecule has 2 heterocycles. The van der Waals surface area contributed by atoms with Crippen LogP contribution in [0.15, 0.2) is 67.1 Å². The molecule has 0 spiro atoms. The van der Waals surface area contributed by atoms with Crippen LogP contribution >= 0.6 is 0 Å². The number of aromatic nitrogens is 3. The summed E-state index contributed by atoms with van der Waals surface area (Å²) in [4.78, 5) is 12.0. The van der Waals surface area contributed by atoms with Gasteiger partial charge >= 0.3 is 0 Å². The highest BCUT2D eigenvalue weighted by molar-refractivity contribution is 5.86. The number of pyridine rings is 1. The third-order valence-electron chi connectivity index (χ3n) is 3.83. The van der Waals surface area contributed by atoms with Crippen LogP contribution in [-0.4, -0.2) is 15.0 Å². The van der Waals surface area contributed by atoms with Crippen molar-refractivity contribution in [2.45, 2.75) is 6.92 Å². The number of nitrogens with one attached hydrogen (secondary N) is 1. The van der Waals surface area contributed by atoms with Crippen molar-refractivity contribution < 1.29 is 0 Å². The van der Waals surface area contributed by atoms with Gasteiger partial charge in [-0.25, -0.2) is 4.98 Å². The van der Waals surface area contributed by atoms with E-state index in [1.807, 2.05) is 18.3 Å². The van der Waals surface area contributed by atoms with Crippen molar-refractivity contribution in [3.63, 3.8) is 0 Å². The Morgan fingerprint density at radius 3 is 2.73 bits per heavy atom. The Labute approximate surface area is 128 Å². The number of hydrogen-bond donors (Lipinski definition) is 1. The molecule has 0 fully saturated rings. The number of aromatic amines is 1. The molecule has 0 aliphatic heterocycles. The van der Waals surface area contributed by atoms with Gasteiger partial charge in [0, 0.05) is 17.3 Å². The number of H-pyrrole nitrogens is 1. The van der Waals surface area contributed by atoms with Gasteiger partial charge in [0.05, 0.1) is 23.1 Å². The molecule has 0 saturated carbocycles. The molecule has 2 aromatic heterocycles. The van der Waals surface area contributed by atoms with Gasteiger partial charge in [0.25, 0.3) is 0 Å². The molecule has 0 saturated heterocycles. The Hall–Kier alpha value is -2.94. The number of benzene rings is 2. The predicted octanol–water partition coefficient (Wildman–Crippen LogP) is 4.60. The normalized spacial score (nSPS) is 11.0. The summed E-state index contributed by atoms with van der Waals surface area (Å²) in [5.74, 6) is 0. The van der Waals surface area contributed by atoms with Crippen LogP contribution in [0.1, 0.15) is 5.56 Å². The zero-order valence-electron chi connectivity index (χ0n) is 12.2. The highest BCUT2D eigenvalue weighted by Gasteiger charge is 2.09. The molecule has 22 heavy (non-hydrogen) atoms. The lowest BCUT2D eigenvalue weighted by molar-refractivity contribution is 1.32. The first kappa shape index (κ1) is 12.8. The number of aryl methyl sites for hydroxylation is 1. The first-order chi connectivity index (χ1) is 10.8. The lowest BCUT2D eigenvalue weighted by atomic mass is 9.98. The summed E-state index contributed by atoms with van der Waals surface area (Å²) in [5.41, 5.74) is 7.66. The maximum absolute atomic E-state index is 4.61. The molecule has 0 amide bonds. The van der Waals surface area contributed by atoms with Crippen molar-refractivity contribution in [2.75, 3.05) is 0 Å². The molecule has 0 unspecified atom stereocenters. The quantitative estimate of drug-likeness (QED) is 0.584. The van der Waals surface area contributed by atoms with Crippen molar-refractivity contribution in [3.8, 4) is 22.4 Å². The minimum atomic E-state index is 0.977. The summed E-state index contributed by atoms with van der Waals surface area (Å²) in [6.07, 6.45) is 3.56. The molecule has 2 aromatic carbocycles. The van der Waals surface area contributed by atoms with E-state index in [1.54, 1.807) is 6.33 Å². The molecule has 0 aliphatic rings. The van der Waals surface area contributed by atoms with Crippen LogP contribution in [0, 0.1) is 6.92 Å². The first-order valence-corrected chi connectivity index (χ1v) is 7.27. The van der Waals surface area contributed by atoms with E-state index in [9.17, 15) is 0 Å². The molecule has 1 N–H and O–H groups in total. The molecule has 0 radical (unpaired) electrons. The lowest BCUT2D eigenvalue weighted by Crippen LogP contribution is -1.89. The largest absolute Gasteiger partial charge is 0.345 e. The van der Waals surface area contributed by atoms with Gasteiger partial charge in [0.15, 0.2) is 0 Å². The summed E-state index contributed by atoms with van der Waals surface area (Å²) in [7, 11) is 0. The molecular weight excluding hydrogens is 270 g/mol. The average molecular weight is 285 g/mol. The maximum atomic E-state index is 4.61. The lowest BCUT2D eigenvalue weighted by Gasteiger charge is -2.09. The fourth-order valence-corrected chi connectivity index (χ4v) is 2.76. The Kier molecular flexibility index (Phi) is 2.97. The van der Waals surface area contributed by atoms with E-state index in [0.717, 1.165) is 33.4 Å². The standard InChI is InChI=1S/C19H15N3/c1-13-4-2-5-15(10-13)19-16(6-3-9-20-19)14-7-8-17-18(11-14)22-12-21-17/h2-12H,1H3,(H,21,22). The van der Waals surface area contributed by atoms with E-state index >= 15 is 0 Å². The summed E-state index contributed by atoms with van der Waals surface area (Å²) >= 11 is 0. The van der Waals surface area contributed by atoms with Gasteiger partial charge in [-0.15, -0.1) is 0 Å². The highest BCUT2D eigenvalue weighted by atomic mass is 14.9. The smallest absolute Gasteiger partial charge is 0.0931 e. The summed E-state index contributed by atoms with van der Waals surface area (Å²) in [5, 5.41) is 0. The van der Waals surface area contributed by atoms with Gasteiger partial charge in [-0.05, 0) is 36.8 Å². The first-order valence-electron chi connectivity index (χ1n) is 7.27. The number of imidazole rings is 1. The van der Waals surface area contributed by atoms with E-state index in [4.69, 9.17) is 0 Å². The van der Waals surface area contributed by atoms with Crippen LogP contribution in [0.4, 0.5) is 0 Å². The fraction of sp³-hybridized carbons (Fsp3) is 0.0526. The summed E-state index contributed by atoms with van der Waals surface area (Å²) < 4.78 is 0. The Morgan fingerprint density at radius 2 is 1.82 bits per heavy atom. The molecule has 0 atom stereocenters.